The van der Waals surface area contributed by atoms with Gasteiger partial charge in [-0.1, -0.05) is 42.7 Å². The summed E-state index contributed by atoms with van der Waals surface area (Å²) in [7, 11) is 0. The number of carbonyl (C=O) groups is 1. The van der Waals surface area contributed by atoms with Crippen molar-refractivity contribution >= 4 is 5.97 Å². The Labute approximate surface area is 230 Å². The zero-order valence-corrected chi connectivity index (χ0v) is 23.2. The Balaban J connectivity index is 1.18. The van der Waals surface area contributed by atoms with Crippen LogP contribution in [0.15, 0.2) is 36.4 Å². The summed E-state index contributed by atoms with van der Waals surface area (Å²) in [5, 5.41) is 17.5. The van der Waals surface area contributed by atoms with Crippen molar-refractivity contribution in [2.24, 2.45) is 17.8 Å². The van der Waals surface area contributed by atoms with Gasteiger partial charge < -0.3 is 10.0 Å². The topological polar surface area (TPSA) is 69.6 Å². The number of aryl methyl sites for hydroxylation is 2. The Kier molecular flexibility index (Phi) is 8.62. The van der Waals surface area contributed by atoms with E-state index in [1.165, 1.54) is 17.2 Å². The number of carboxylic acids is 1. The zero-order chi connectivity index (χ0) is 27.6. The van der Waals surface area contributed by atoms with Crippen LogP contribution in [0.25, 0.3) is 0 Å². The molecule has 5 rings (SSSR count). The van der Waals surface area contributed by atoms with Gasteiger partial charge in [0.05, 0.1) is 5.69 Å². The number of hydrogen-bond acceptors (Lipinski definition) is 5. The van der Waals surface area contributed by atoms with E-state index in [0.717, 1.165) is 64.8 Å². The molecule has 1 N–H and O–H groups in total. The van der Waals surface area contributed by atoms with Crippen LogP contribution in [-0.2, 0) is 10.7 Å². The summed E-state index contributed by atoms with van der Waals surface area (Å²) < 4.78 is 29.4. The summed E-state index contributed by atoms with van der Waals surface area (Å²) in [6.45, 7) is 8.17. The summed E-state index contributed by atoms with van der Waals surface area (Å²) in [5.41, 5.74) is 2.93. The van der Waals surface area contributed by atoms with Crippen LogP contribution in [-0.4, -0.2) is 69.8 Å². The number of carboxylic acid groups (broad SMARTS) is 1. The lowest BCUT2D eigenvalue weighted by Gasteiger charge is -2.35. The largest absolute Gasteiger partial charge is 0.480 e. The van der Waals surface area contributed by atoms with Crippen molar-refractivity contribution in [3.05, 3.63) is 58.9 Å². The van der Waals surface area contributed by atoms with Crippen LogP contribution < -0.4 is 0 Å². The van der Waals surface area contributed by atoms with Crippen molar-refractivity contribution in [2.75, 3.05) is 32.7 Å². The molecule has 0 unspecified atom stereocenters. The fourth-order valence-electron chi connectivity index (χ4n) is 6.59. The van der Waals surface area contributed by atoms with Gasteiger partial charge >= 0.3 is 5.97 Å². The summed E-state index contributed by atoms with van der Waals surface area (Å²) in [4.78, 5) is 16.9. The highest BCUT2D eigenvalue weighted by Crippen LogP contribution is 2.40. The van der Waals surface area contributed by atoms with Gasteiger partial charge in [0.1, 0.15) is 11.7 Å². The fourth-order valence-corrected chi connectivity index (χ4v) is 6.59. The molecular weight excluding hydrogens is 498 g/mol. The van der Waals surface area contributed by atoms with Crippen molar-refractivity contribution < 1.29 is 18.7 Å². The number of nitrogens with zero attached hydrogens (tertiary/aromatic N) is 4. The van der Waals surface area contributed by atoms with Crippen LogP contribution in [0.5, 0.6) is 0 Å². The van der Waals surface area contributed by atoms with Crippen molar-refractivity contribution in [3.8, 4) is 0 Å². The molecule has 1 aliphatic carbocycles. The molecule has 2 aliphatic heterocycles. The molecule has 212 valence electrons. The SMILES string of the molecule is Cc1cccc([C@H]2CN([C@H](CC3CC3)C(=O)O)C[C@@H]2CN2CCC(CCC(F)(F)c3ccc(C)nn3)CC2)c1. The number of halogens is 2. The standard InChI is InChI=1S/C31H42F2N4O2/c1-21-4-3-5-25(16-21)27-20-37(28(30(38)39)17-24-7-8-24)19-26(27)18-36-14-11-23(12-15-36)10-13-31(32,33)29-9-6-22(2)34-35-29/h3-6,9,16,23-24,26-28H,7-8,10-15,17-20H2,1-2H3,(H,38,39)/t26-,27+,28+/m0/s1. The molecule has 2 aromatic rings. The fraction of sp³-hybridized carbons (Fsp3) is 0.645. The monoisotopic (exact) mass is 540 g/mol. The molecule has 3 atom stereocenters. The third-order valence-corrected chi connectivity index (χ3v) is 9.16. The first-order chi connectivity index (χ1) is 18.7. The summed E-state index contributed by atoms with van der Waals surface area (Å²) in [6.07, 6.45) is 5.19. The predicted molar refractivity (Wildman–Crippen MR) is 147 cm³/mol. The first-order valence-electron chi connectivity index (χ1n) is 14.6. The van der Waals surface area contributed by atoms with Crippen LogP contribution in [0.3, 0.4) is 0 Å². The van der Waals surface area contributed by atoms with Gasteiger partial charge in [0.25, 0.3) is 5.92 Å². The maximum Gasteiger partial charge on any atom is 0.320 e. The van der Waals surface area contributed by atoms with E-state index in [1.807, 2.05) is 0 Å². The average molecular weight is 541 g/mol. The maximum absolute atomic E-state index is 14.7. The molecule has 1 saturated carbocycles. The van der Waals surface area contributed by atoms with Gasteiger partial charge in [-0.3, -0.25) is 9.69 Å². The van der Waals surface area contributed by atoms with E-state index in [2.05, 4.69) is 51.2 Å². The molecule has 3 heterocycles. The van der Waals surface area contributed by atoms with Crippen LogP contribution in [0, 0.1) is 31.6 Å². The molecule has 0 radical (unpaired) electrons. The molecular formula is C31H42F2N4O2. The van der Waals surface area contributed by atoms with E-state index in [-0.39, 0.29) is 18.0 Å². The van der Waals surface area contributed by atoms with Crippen LogP contribution in [0.4, 0.5) is 8.78 Å². The van der Waals surface area contributed by atoms with E-state index in [9.17, 15) is 18.7 Å². The number of hydrogen-bond donors (Lipinski definition) is 1. The van der Waals surface area contributed by atoms with E-state index in [1.54, 1.807) is 13.0 Å². The highest BCUT2D eigenvalue weighted by Gasteiger charge is 2.42. The van der Waals surface area contributed by atoms with Gasteiger partial charge in [-0.15, -0.1) is 5.10 Å². The molecule has 3 aliphatic rings. The van der Waals surface area contributed by atoms with Crippen molar-refractivity contribution in [3.63, 3.8) is 0 Å². The first kappa shape index (κ1) is 28.1. The van der Waals surface area contributed by atoms with Gasteiger partial charge in [0, 0.05) is 32.0 Å². The Hall–Kier alpha value is -2.45. The highest BCUT2D eigenvalue weighted by atomic mass is 19.3. The van der Waals surface area contributed by atoms with Gasteiger partial charge in [-0.05, 0) is 88.1 Å². The van der Waals surface area contributed by atoms with Gasteiger partial charge in [-0.2, -0.15) is 13.9 Å². The quantitative estimate of drug-likeness (QED) is 0.398. The molecule has 0 spiro atoms. The lowest BCUT2D eigenvalue weighted by atomic mass is 9.86. The molecule has 6 nitrogen and oxygen atoms in total. The van der Waals surface area contributed by atoms with Crippen LogP contribution in [0.1, 0.15) is 73.4 Å². The smallest absolute Gasteiger partial charge is 0.320 e. The number of aromatic nitrogens is 2. The van der Waals surface area contributed by atoms with E-state index in [4.69, 9.17) is 0 Å². The minimum absolute atomic E-state index is 0.194. The Bertz CT molecular complexity index is 1120. The summed E-state index contributed by atoms with van der Waals surface area (Å²) in [5.74, 6) is -2.14. The number of likely N-dealkylation sites (tertiary alicyclic amines) is 2. The molecule has 0 amide bonds. The van der Waals surface area contributed by atoms with Gasteiger partial charge in [-0.25, -0.2) is 0 Å². The zero-order valence-electron chi connectivity index (χ0n) is 23.2. The van der Waals surface area contributed by atoms with Crippen molar-refractivity contribution in [2.45, 2.75) is 76.7 Å². The van der Waals surface area contributed by atoms with E-state index < -0.39 is 17.9 Å². The Morgan fingerprint density at radius 1 is 1.05 bits per heavy atom. The molecule has 2 saturated heterocycles. The summed E-state index contributed by atoms with van der Waals surface area (Å²) in [6, 6.07) is 11.2. The van der Waals surface area contributed by atoms with Gasteiger partial charge in [0.2, 0.25) is 0 Å². The number of alkyl halides is 2. The third kappa shape index (κ3) is 7.20. The average Bonchev–Trinajstić information content (AvgIpc) is 3.65. The lowest BCUT2D eigenvalue weighted by molar-refractivity contribution is -0.143. The van der Waals surface area contributed by atoms with Crippen molar-refractivity contribution in [1.82, 2.24) is 20.0 Å². The Morgan fingerprint density at radius 2 is 1.82 bits per heavy atom. The number of benzene rings is 1. The van der Waals surface area contributed by atoms with Crippen LogP contribution >= 0.6 is 0 Å². The van der Waals surface area contributed by atoms with Crippen LogP contribution in [0.2, 0.25) is 0 Å². The third-order valence-electron chi connectivity index (χ3n) is 9.16. The lowest BCUT2D eigenvalue weighted by Crippen LogP contribution is -2.42. The molecule has 0 bridgehead atoms. The Morgan fingerprint density at radius 3 is 2.46 bits per heavy atom. The van der Waals surface area contributed by atoms with E-state index >= 15 is 0 Å². The number of piperidine rings is 1. The highest BCUT2D eigenvalue weighted by molar-refractivity contribution is 5.73. The minimum Gasteiger partial charge on any atom is -0.480 e. The first-order valence-corrected chi connectivity index (χ1v) is 14.6. The second-order valence-electron chi connectivity index (χ2n) is 12.3. The molecule has 8 heteroatoms. The molecule has 1 aromatic heterocycles. The molecule has 3 fully saturated rings. The predicted octanol–water partition coefficient (Wildman–Crippen LogP) is 5.65. The molecule has 1 aromatic carbocycles. The normalized spacial score (nSPS) is 24.2. The second kappa shape index (κ2) is 12.0. The minimum atomic E-state index is -2.95. The second-order valence-corrected chi connectivity index (χ2v) is 12.3. The number of aliphatic carboxylic acids is 1. The molecule has 39 heavy (non-hydrogen) atoms. The summed E-state index contributed by atoms with van der Waals surface area (Å²) >= 11 is 0. The van der Waals surface area contributed by atoms with Gasteiger partial charge in [0.15, 0.2) is 0 Å². The maximum atomic E-state index is 14.7. The number of rotatable bonds is 11. The van der Waals surface area contributed by atoms with Crippen molar-refractivity contribution in [1.29, 1.82) is 0 Å². The van der Waals surface area contributed by atoms with E-state index in [0.29, 0.717) is 29.9 Å².